The van der Waals surface area contributed by atoms with Crippen molar-refractivity contribution in [2.75, 3.05) is 11.5 Å². The summed E-state index contributed by atoms with van der Waals surface area (Å²) in [6.45, 7) is 2.98. The number of nitrogens with two attached hydrogens (primary N) is 1. The number of carbonyl (C=O) groups excluding carboxylic acids is 1. The normalized spacial score (nSPS) is 10.7. The van der Waals surface area contributed by atoms with Gasteiger partial charge < -0.3 is 10.3 Å². The SMILES string of the molecule is CCCn1cc(C(=O)CSc2ncc(C#N)c(N)n2)c2ccccc21. The van der Waals surface area contributed by atoms with Gasteiger partial charge in [-0.1, -0.05) is 36.9 Å². The number of carbonyl (C=O) groups is 1. The van der Waals surface area contributed by atoms with Crippen LogP contribution in [-0.2, 0) is 6.54 Å². The Balaban J connectivity index is 1.81. The van der Waals surface area contributed by atoms with E-state index in [2.05, 4.69) is 21.5 Å². The van der Waals surface area contributed by atoms with Crippen LogP contribution in [-0.4, -0.2) is 26.1 Å². The van der Waals surface area contributed by atoms with Crippen LogP contribution in [0.2, 0.25) is 0 Å². The second kappa shape index (κ2) is 7.36. The molecule has 0 aliphatic heterocycles. The first-order valence-corrected chi connectivity index (χ1v) is 8.89. The average molecular weight is 351 g/mol. The van der Waals surface area contributed by atoms with Crippen molar-refractivity contribution in [3.05, 3.63) is 47.8 Å². The zero-order valence-corrected chi connectivity index (χ0v) is 14.6. The van der Waals surface area contributed by atoms with E-state index in [0.29, 0.717) is 10.7 Å². The number of aromatic nitrogens is 3. The molecule has 3 rings (SSSR count). The minimum Gasteiger partial charge on any atom is -0.382 e. The minimum atomic E-state index is 0.0163. The van der Waals surface area contributed by atoms with Gasteiger partial charge in [0.25, 0.3) is 0 Å². The summed E-state index contributed by atoms with van der Waals surface area (Å²) in [4.78, 5) is 20.8. The lowest BCUT2D eigenvalue weighted by atomic mass is 10.1. The molecule has 0 saturated carbocycles. The molecule has 126 valence electrons. The molecule has 0 aliphatic carbocycles. The number of anilines is 1. The predicted molar refractivity (Wildman–Crippen MR) is 98.4 cm³/mol. The molecule has 0 aliphatic rings. The third-order valence-corrected chi connectivity index (χ3v) is 4.66. The van der Waals surface area contributed by atoms with E-state index in [9.17, 15) is 4.79 Å². The van der Waals surface area contributed by atoms with Crippen LogP contribution in [0.5, 0.6) is 0 Å². The fourth-order valence-electron chi connectivity index (χ4n) is 2.64. The van der Waals surface area contributed by atoms with Crippen LogP contribution < -0.4 is 5.73 Å². The molecule has 25 heavy (non-hydrogen) atoms. The molecule has 2 N–H and O–H groups in total. The smallest absolute Gasteiger partial charge is 0.189 e. The quantitative estimate of drug-likeness (QED) is 0.416. The Kier molecular flexibility index (Phi) is 5.00. The number of hydrogen-bond donors (Lipinski definition) is 1. The Morgan fingerprint density at radius 1 is 1.40 bits per heavy atom. The summed E-state index contributed by atoms with van der Waals surface area (Å²) in [6.07, 6.45) is 4.30. The number of para-hydroxylation sites is 1. The lowest BCUT2D eigenvalue weighted by molar-refractivity contribution is 0.102. The van der Waals surface area contributed by atoms with Crippen molar-refractivity contribution < 1.29 is 4.79 Å². The van der Waals surface area contributed by atoms with Crippen LogP contribution in [0.15, 0.2) is 41.8 Å². The highest BCUT2D eigenvalue weighted by molar-refractivity contribution is 7.99. The van der Waals surface area contributed by atoms with Gasteiger partial charge in [0.2, 0.25) is 0 Å². The number of fused-ring (bicyclic) bond motifs is 1. The number of hydrogen-bond acceptors (Lipinski definition) is 6. The molecule has 7 heteroatoms. The van der Waals surface area contributed by atoms with Crippen molar-refractivity contribution in [1.82, 2.24) is 14.5 Å². The van der Waals surface area contributed by atoms with Gasteiger partial charge in [0.15, 0.2) is 10.9 Å². The van der Waals surface area contributed by atoms with Gasteiger partial charge in [-0.25, -0.2) is 9.97 Å². The van der Waals surface area contributed by atoms with Crippen molar-refractivity contribution in [3.8, 4) is 6.07 Å². The third-order valence-electron chi connectivity index (χ3n) is 3.80. The van der Waals surface area contributed by atoms with Crippen molar-refractivity contribution in [1.29, 1.82) is 5.26 Å². The summed E-state index contributed by atoms with van der Waals surface area (Å²) in [5.41, 5.74) is 7.69. The molecule has 2 aromatic heterocycles. The van der Waals surface area contributed by atoms with Gasteiger partial charge in [-0.05, 0) is 12.5 Å². The van der Waals surface area contributed by atoms with E-state index >= 15 is 0 Å². The fraction of sp³-hybridized carbons (Fsp3) is 0.222. The van der Waals surface area contributed by atoms with Crippen LogP contribution in [0, 0.1) is 11.3 Å². The van der Waals surface area contributed by atoms with Gasteiger partial charge in [-0.15, -0.1) is 0 Å². The van der Waals surface area contributed by atoms with Crippen molar-refractivity contribution in [2.45, 2.75) is 25.0 Å². The molecule has 0 spiro atoms. The molecule has 0 radical (unpaired) electrons. The van der Waals surface area contributed by atoms with E-state index < -0.39 is 0 Å². The van der Waals surface area contributed by atoms with E-state index in [1.807, 2.05) is 36.5 Å². The molecule has 0 bridgehead atoms. The van der Waals surface area contributed by atoms with E-state index in [-0.39, 0.29) is 22.9 Å². The van der Waals surface area contributed by atoms with Gasteiger partial charge in [-0.2, -0.15) is 5.26 Å². The van der Waals surface area contributed by atoms with Crippen LogP contribution in [0.4, 0.5) is 5.82 Å². The molecule has 2 heterocycles. The number of aryl methyl sites for hydroxylation is 1. The largest absolute Gasteiger partial charge is 0.382 e. The Morgan fingerprint density at radius 2 is 2.20 bits per heavy atom. The summed E-state index contributed by atoms with van der Waals surface area (Å²) >= 11 is 1.22. The zero-order valence-electron chi connectivity index (χ0n) is 13.8. The molecular formula is C18H17N5OS. The monoisotopic (exact) mass is 351 g/mol. The molecule has 3 aromatic rings. The maximum atomic E-state index is 12.7. The van der Waals surface area contributed by atoms with E-state index in [0.717, 1.165) is 23.9 Å². The summed E-state index contributed by atoms with van der Waals surface area (Å²) in [5.74, 6) is 0.362. The Labute approximate surface area is 149 Å². The lowest BCUT2D eigenvalue weighted by Crippen LogP contribution is -2.04. The highest BCUT2D eigenvalue weighted by Gasteiger charge is 2.16. The molecule has 6 nitrogen and oxygen atoms in total. The molecule has 0 amide bonds. The standard InChI is InChI=1S/C18H17N5OS/c1-2-7-23-10-14(13-5-3-4-6-15(13)23)16(24)11-25-18-21-9-12(8-19)17(20)22-18/h3-6,9-10H,2,7,11H2,1H3,(H2,20,21,22). The second-order valence-electron chi connectivity index (χ2n) is 5.53. The molecule has 1 aromatic carbocycles. The first-order valence-electron chi connectivity index (χ1n) is 7.90. The van der Waals surface area contributed by atoms with Gasteiger partial charge in [-0.3, -0.25) is 4.79 Å². The molecule has 0 unspecified atom stereocenters. The number of benzene rings is 1. The number of nitrogen functional groups attached to an aromatic ring is 1. The van der Waals surface area contributed by atoms with Gasteiger partial charge in [0.05, 0.1) is 11.9 Å². The number of nitrogens with zero attached hydrogens (tertiary/aromatic N) is 4. The number of ketones is 1. The van der Waals surface area contributed by atoms with Gasteiger partial charge in [0.1, 0.15) is 17.5 Å². The summed E-state index contributed by atoms with van der Waals surface area (Å²) in [5, 5.41) is 10.2. The van der Waals surface area contributed by atoms with Crippen molar-refractivity contribution in [3.63, 3.8) is 0 Å². The van der Waals surface area contributed by atoms with E-state index in [1.54, 1.807) is 0 Å². The number of nitriles is 1. The molecule has 0 fully saturated rings. The fourth-order valence-corrected chi connectivity index (χ4v) is 3.34. The maximum absolute atomic E-state index is 12.7. The molecular weight excluding hydrogens is 334 g/mol. The van der Waals surface area contributed by atoms with Crippen molar-refractivity contribution in [2.24, 2.45) is 0 Å². The minimum absolute atomic E-state index is 0.0163. The third kappa shape index (κ3) is 3.49. The molecule has 0 saturated heterocycles. The topological polar surface area (TPSA) is 97.6 Å². The Morgan fingerprint density at radius 3 is 2.92 bits per heavy atom. The van der Waals surface area contributed by atoms with Gasteiger partial charge in [0, 0.05) is 29.2 Å². The number of thioether (sulfide) groups is 1. The van der Waals surface area contributed by atoms with Crippen molar-refractivity contribution >= 4 is 34.3 Å². The second-order valence-corrected chi connectivity index (χ2v) is 6.47. The number of rotatable bonds is 6. The highest BCUT2D eigenvalue weighted by Crippen LogP contribution is 2.24. The highest BCUT2D eigenvalue weighted by atomic mass is 32.2. The van der Waals surface area contributed by atoms with E-state index in [1.165, 1.54) is 18.0 Å². The first-order chi connectivity index (χ1) is 12.1. The number of Topliss-reactive ketones (excluding diaryl/α,β-unsaturated/α-hetero) is 1. The lowest BCUT2D eigenvalue weighted by Gasteiger charge is -2.01. The maximum Gasteiger partial charge on any atom is 0.189 e. The van der Waals surface area contributed by atoms with Crippen LogP contribution in [0.25, 0.3) is 10.9 Å². The summed E-state index contributed by atoms with van der Waals surface area (Å²) < 4.78 is 2.11. The zero-order chi connectivity index (χ0) is 17.8. The predicted octanol–water partition coefficient (Wildman–Crippen LogP) is 3.27. The van der Waals surface area contributed by atoms with Gasteiger partial charge >= 0.3 is 0 Å². The Bertz CT molecular complexity index is 973. The van der Waals surface area contributed by atoms with E-state index in [4.69, 9.17) is 11.0 Å². The average Bonchev–Trinajstić information content (AvgIpc) is 2.99. The molecule has 0 atom stereocenters. The van der Waals surface area contributed by atoms with Crippen LogP contribution >= 0.6 is 11.8 Å². The van der Waals surface area contributed by atoms with Crippen LogP contribution in [0.3, 0.4) is 0 Å². The Hall–Kier alpha value is -2.85. The first kappa shape index (κ1) is 17.0. The summed E-state index contributed by atoms with van der Waals surface area (Å²) in [7, 11) is 0. The van der Waals surface area contributed by atoms with Crippen LogP contribution in [0.1, 0.15) is 29.3 Å². The summed E-state index contributed by atoms with van der Waals surface area (Å²) in [6, 6.07) is 9.83.